The Bertz CT molecular complexity index is 947. The van der Waals surface area contributed by atoms with Gasteiger partial charge in [-0.25, -0.2) is 0 Å². The molecule has 0 N–H and O–H groups in total. The molecule has 3 aromatic rings. The molecule has 1 aliphatic heterocycles. The fourth-order valence-electron chi connectivity index (χ4n) is 3.10. The van der Waals surface area contributed by atoms with Crippen molar-refractivity contribution in [3.8, 4) is 10.7 Å². The number of carbonyl (C=O) groups excluding carboxylic acids is 2. The standard InChI is InChI=1S/C19H18N4O2S2/c1-2-22-16(15-9-5-11-26-15)20-21-19(22)27-12-6-10-23-17(24)13-7-3-4-8-14(13)18(23)25/h3-5,7-9,11H,2,6,10,12H2,1H3. The summed E-state index contributed by atoms with van der Waals surface area (Å²) in [6.45, 7) is 3.28. The molecule has 0 radical (unpaired) electrons. The van der Waals surface area contributed by atoms with Crippen LogP contribution in [0.2, 0.25) is 0 Å². The van der Waals surface area contributed by atoms with E-state index >= 15 is 0 Å². The summed E-state index contributed by atoms with van der Waals surface area (Å²) < 4.78 is 2.10. The molecule has 0 fully saturated rings. The lowest BCUT2D eigenvalue weighted by Crippen LogP contribution is -2.31. The van der Waals surface area contributed by atoms with Crippen molar-refractivity contribution in [3.63, 3.8) is 0 Å². The van der Waals surface area contributed by atoms with Gasteiger partial charge in [-0.15, -0.1) is 21.5 Å². The monoisotopic (exact) mass is 398 g/mol. The van der Waals surface area contributed by atoms with Crippen molar-refractivity contribution in [2.45, 2.75) is 25.0 Å². The number of hydrogen-bond donors (Lipinski definition) is 0. The Kier molecular flexibility index (Phi) is 5.09. The molecule has 2 aromatic heterocycles. The van der Waals surface area contributed by atoms with E-state index in [4.69, 9.17) is 0 Å². The van der Waals surface area contributed by atoms with Gasteiger partial charge in [0.1, 0.15) is 0 Å². The largest absolute Gasteiger partial charge is 0.302 e. The zero-order chi connectivity index (χ0) is 18.8. The number of benzene rings is 1. The molecule has 0 spiro atoms. The highest BCUT2D eigenvalue weighted by Gasteiger charge is 2.34. The van der Waals surface area contributed by atoms with Crippen molar-refractivity contribution in [1.82, 2.24) is 19.7 Å². The zero-order valence-corrected chi connectivity index (χ0v) is 16.4. The molecule has 0 bridgehead atoms. The SMILES string of the molecule is CCn1c(SCCCN2C(=O)c3ccccc3C2=O)nnc1-c1cccs1. The van der Waals surface area contributed by atoms with Gasteiger partial charge in [0.15, 0.2) is 11.0 Å². The highest BCUT2D eigenvalue weighted by molar-refractivity contribution is 7.99. The van der Waals surface area contributed by atoms with E-state index in [0.717, 1.165) is 28.2 Å². The van der Waals surface area contributed by atoms with Gasteiger partial charge in [0.05, 0.1) is 16.0 Å². The van der Waals surface area contributed by atoms with Gasteiger partial charge in [0.2, 0.25) is 0 Å². The van der Waals surface area contributed by atoms with Gasteiger partial charge in [-0.3, -0.25) is 14.5 Å². The first kappa shape index (κ1) is 17.9. The second-order valence-corrected chi connectivity index (χ2v) is 8.05. The molecular weight excluding hydrogens is 380 g/mol. The summed E-state index contributed by atoms with van der Waals surface area (Å²) in [5.74, 6) is 1.25. The van der Waals surface area contributed by atoms with Gasteiger partial charge in [0.25, 0.3) is 11.8 Å². The smallest absolute Gasteiger partial charge is 0.261 e. The van der Waals surface area contributed by atoms with Gasteiger partial charge in [-0.1, -0.05) is 30.0 Å². The van der Waals surface area contributed by atoms with Crippen LogP contribution in [-0.4, -0.2) is 43.8 Å². The van der Waals surface area contributed by atoms with E-state index in [9.17, 15) is 9.59 Å². The predicted octanol–water partition coefficient (Wildman–Crippen LogP) is 3.80. The number of nitrogens with zero attached hydrogens (tertiary/aromatic N) is 4. The number of carbonyl (C=O) groups is 2. The topological polar surface area (TPSA) is 68.1 Å². The van der Waals surface area contributed by atoms with E-state index in [2.05, 4.69) is 21.7 Å². The van der Waals surface area contributed by atoms with Crippen LogP contribution in [0.1, 0.15) is 34.1 Å². The third kappa shape index (κ3) is 3.30. The van der Waals surface area contributed by atoms with Crippen molar-refractivity contribution < 1.29 is 9.59 Å². The lowest BCUT2D eigenvalue weighted by molar-refractivity contribution is 0.0655. The third-order valence-corrected chi connectivity index (χ3v) is 6.33. The number of thiophene rings is 1. The third-order valence-electron chi connectivity index (χ3n) is 4.41. The van der Waals surface area contributed by atoms with E-state index in [1.165, 1.54) is 4.90 Å². The summed E-state index contributed by atoms with van der Waals surface area (Å²) in [6.07, 6.45) is 0.709. The Morgan fingerprint density at radius 2 is 1.78 bits per heavy atom. The molecule has 3 heterocycles. The Morgan fingerprint density at radius 3 is 2.41 bits per heavy atom. The lowest BCUT2D eigenvalue weighted by atomic mass is 10.1. The number of fused-ring (bicyclic) bond motifs is 1. The molecule has 0 atom stereocenters. The fraction of sp³-hybridized carbons (Fsp3) is 0.263. The normalized spacial score (nSPS) is 13.4. The number of aromatic nitrogens is 3. The summed E-state index contributed by atoms with van der Waals surface area (Å²) in [5.41, 5.74) is 1.00. The first-order chi connectivity index (χ1) is 13.2. The highest BCUT2D eigenvalue weighted by atomic mass is 32.2. The zero-order valence-electron chi connectivity index (χ0n) is 14.8. The molecule has 27 heavy (non-hydrogen) atoms. The molecule has 0 aliphatic carbocycles. The van der Waals surface area contributed by atoms with Crippen LogP contribution >= 0.6 is 23.1 Å². The van der Waals surface area contributed by atoms with Gasteiger partial charge in [-0.05, 0) is 36.9 Å². The fourth-order valence-corrected chi connectivity index (χ4v) is 4.74. The van der Waals surface area contributed by atoms with Gasteiger partial charge < -0.3 is 4.57 Å². The molecule has 4 rings (SSSR count). The Hall–Kier alpha value is -2.45. The van der Waals surface area contributed by atoms with Crippen LogP contribution in [0.25, 0.3) is 10.7 Å². The highest BCUT2D eigenvalue weighted by Crippen LogP contribution is 2.28. The lowest BCUT2D eigenvalue weighted by Gasteiger charge is -2.13. The average molecular weight is 399 g/mol. The van der Waals surface area contributed by atoms with Crippen LogP contribution in [0.15, 0.2) is 46.9 Å². The van der Waals surface area contributed by atoms with Gasteiger partial charge in [0, 0.05) is 18.8 Å². The quantitative estimate of drug-likeness (QED) is 0.344. The van der Waals surface area contributed by atoms with Gasteiger partial charge in [-0.2, -0.15) is 0 Å². The van der Waals surface area contributed by atoms with Gasteiger partial charge >= 0.3 is 0 Å². The van der Waals surface area contributed by atoms with E-state index in [0.29, 0.717) is 24.1 Å². The Balaban J connectivity index is 1.36. The number of thioether (sulfide) groups is 1. The summed E-state index contributed by atoms with van der Waals surface area (Å²) in [5, 5.41) is 11.5. The average Bonchev–Trinajstić information content (AvgIpc) is 3.40. The maximum atomic E-state index is 12.4. The second kappa shape index (κ2) is 7.66. The van der Waals surface area contributed by atoms with Crippen molar-refractivity contribution >= 4 is 34.9 Å². The number of rotatable bonds is 7. The first-order valence-electron chi connectivity index (χ1n) is 8.75. The number of amides is 2. The molecule has 0 saturated carbocycles. The molecule has 138 valence electrons. The molecule has 8 heteroatoms. The minimum Gasteiger partial charge on any atom is -0.302 e. The molecule has 6 nitrogen and oxygen atoms in total. The summed E-state index contributed by atoms with van der Waals surface area (Å²) in [6, 6.07) is 11.0. The van der Waals surface area contributed by atoms with E-state index < -0.39 is 0 Å². The molecule has 0 saturated heterocycles. The molecule has 1 aliphatic rings. The predicted molar refractivity (Wildman–Crippen MR) is 106 cm³/mol. The summed E-state index contributed by atoms with van der Waals surface area (Å²) in [4.78, 5) is 27.2. The van der Waals surface area contributed by atoms with Crippen molar-refractivity contribution in [3.05, 3.63) is 52.9 Å². The minimum absolute atomic E-state index is 0.197. The summed E-state index contributed by atoms with van der Waals surface area (Å²) >= 11 is 3.25. The van der Waals surface area contributed by atoms with Crippen LogP contribution in [0.5, 0.6) is 0 Å². The molecule has 2 amide bonds. The Labute approximate surface area is 165 Å². The van der Waals surface area contributed by atoms with Crippen LogP contribution in [0, 0.1) is 0 Å². The summed E-state index contributed by atoms with van der Waals surface area (Å²) in [7, 11) is 0. The molecule has 1 aromatic carbocycles. The van der Waals surface area contributed by atoms with Crippen LogP contribution in [0.3, 0.4) is 0 Å². The molecular formula is C19H18N4O2S2. The number of hydrogen-bond acceptors (Lipinski definition) is 6. The first-order valence-corrected chi connectivity index (χ1v) is 10.6. The van der Waals surface area contributed by atoms with Crippen LogP contribution in [0.4, 0.5) is 0 Å². The second-order valence-electron chi connectivity index (χ2n) is 6.04. The van der Waals surface area contributed by atoms with E-state index in [-0.39, 0.29) is 11.8 Å². The van der Waals surface area contributed by atoms with Crippen LogP contribution in [-0.2, 0) is 6.54 Å². The maximum Gasteiger partial charge on any atom is 0.261 e. The van der Waals surface area contributed by atoms with Crippen LogP contribution < -0.4 is 0 Å². The van der Waals surface area contributed by atoms with Crippen molar-refractivity contribution in [2.75, 3.05) is 12.3 Å². The van der Waals surface area contributed by atoms with Crippen molar-refractivity contribution in [2.24, 2.45) is 0 Å². The Morgan fingerprint density at radius 1 is 1.04 bits per heavy atom. The van der Waals surface area contributed by atoms with E-state index in [1.807, 2.05) is 17.5 Å². The van der Waals surface area contributed by atoms with E-state index in [1.54, 1.807) is 47.4 Å². The number of imide groups is 1. The molecule has 0 unspecified atom stereocenters. The van der Waals surface area contributed by atoms with Crippen molar-refractivity contribution in [1.29, 1.82) is 0 Å². The minimum atomic E-state index is -0.197. The maximum absolute atomic E-state index is 12.4.